The Hall–Kier alpha value is -6.22. The van der Waals surface area contributed by atoms with E-state index in [1.165, 1.54) is 74.7 Å². The maximum Gasteiger partial charge on any atom is 0.0468 e. The number of hydrogen-bond acceptors (Lipinski definition) is 2. The number of thiophene rings is 1. The van der Waals surface area contributed by atoms with Gasteiger partial charge in [0.15, 0.2) is 0 Å². The number of rotatable bonds is 5. The molecule has 0 bridgehead atoms. The third-order valence-electron chi connectivity index (χ3n) is 10.0. The summed E-state index contributed by atoms with van der Waals surface area (Å²) in [7, 11) is 0. The van der Waals surface area contributed by atoms with E-state index in [9.17, 15) is 0 Å². The third-order valence-corrected chi connectivity index (χ3v) is 11.2. The van der Waals surface area contributed by atoms with Gasteiger partial charge in [-0.15, -0.1) is 11.3 Å². The van der Waals surface area contributed by atoms with Crippen LogP contribution in [0, 0.1) is 0 Å². The lowest BCUT2D eigenvalue weighted by atomic mass is 9.98. The fraction of sp³-hybridized carbons (Fsp3) is 0. The van der Waals surface area contributed by atoms with E-state index in [-0.39, 0.29) is 0 Å². The van der Waals surface area contributed by atoms with E-state index >= 15 is 0 Å². The van der Waals surface area contributed by atoms with Crippen LogP contribution in [-0.4, -0.2) is 0 Å². The Morgan fingerprint density at radius 2 is 0.880 bits per heavy atom. The van der Waals surface area contributed by atoms with Gasteiger partial charge in [-0.3, -0.25) is 0 Å². The lowest BCUT2D eigenvalue weighted by Crippen LogP contribution is -2.09. The van der Waals surface area contributed by atoms with Gasteiger partial charge in [-0.1, -0.05) is 133 Å². The fourth-order valence-corrected chi connectivity index (χ4v) is 8.69. The Morgan fingerprint density at radius 3 is 1.68 bits per heavy atom. The van der Waals surface area contributed by atoms with Crippen LogP contribution in [0.1, 0.15) is 0 Å². The van der Waals surface area contributed by atoms with Gasteiger partial charge in [-0.05, 0) is 109 Å². The number of benzene rings is 9. The molecule has 0 aliphatic carbocycles. The minimum atomic E-state index is 1.12. The molecule has 0 fully saturated rings. The molecule has 0 unspecified atom stereocenters. The normalized spacial score (nSPS) is 11.6. The Bertz CT molecular complexity index is 2860. The summed E-state index contributed by atoms with van der Waals surface area (Å²) in [6.45, 7) is 0. The summed E-state index contributed by atoms with van der Waals surface area (Å²) >= 11 is 1.87. The molecule has 10 rings (SSSR count). The summed E-state index contributed by atoms with van der Waals surface area (Å²) in [6, 6.07) is 68.8. The molecule has 1 aromatic heterocycles. The molecule has 0 saturated carbocycles. The lowest BCUT2D eigenvalue weighted by molar-refractivity contribution is 1.29. The lowest BCUT2D eigenvalue weighted by Gasteiger charge is -2.26. The second-order valence-corrected chi connectivity index (χ2v) is 14.0. The monoisotopic (exact) mass is 653 g/mol. The van der Waals surface area contributed by atoms with Crippen molar-refractivity contribution >= 4 is 80.9 Å². The van der Waals surface area contributed by atoms with Crippen LogP contribution in [0.25, 0.3) is 74.7 Å². The molecule has 0 aliphatic rings. The smallest absolute Gasteiger partial charge is 0.0468 e. The third kappa shape index (κ3) is 4.84. The van der Waals surface area contributed by atoms with Crippen molar-refractivity contribution in [2.24, 2.45) is 0 Å². The molecule has 0 amide bonds. The van der Waals surface area contributed by atoms with Crippen molar-refractivity contribution < 1.29 is 0 Å². The van der Waals surface area contributed by atoms with Crippen LogP contribution in [-0.2, 0) is 0 Å². The second-order valence-electron chi connectivity index (χ2n) is 13.0. The minimum absolute atomic E-state index is 1.12. The molecule has 1 heterocycles. The van der Waals surface area contributed by atoms with Crippen LogP contribution < -0.4 is 4.90 Å². The van der Waals surface area contributed by atoms with E-state index in [1.54, 1.807) is 0 Å². The van der Waals surface area contributed by atoms with Gasteiger partial charge in [0, 0.05) is 37.2 Å². The first-order valence-electron chi connectivity index (χ1n) is 17.1. The van der Waals surface area contributed by atoms with Crippen molar-refractivity contribution in [3.8, 4) is 22.3 Å². The number of hydrogen-bond donors (Lipinski definition) is 0. The molecule has 0 atom stereocenters. The summed E-state index contributed by atoms with van der Waals surface area (Å²) in [5, 5.41) is 10.2. The van der Waals surface area contributed by atoms with Gasteiger partial charge in [0.05, 0.1) is 0 Å². The highest BCUT2D eigenvalue weighted by atomic mass is 32.1. The summed E-state index contributed by atoms with van der Waals surface area (Å²) in [4.78, 5) is 2.38. The van der Waals surface area contributed by atoms with E-state index in [4.69, 9.17) is 0 Å². The summed E-state index contributed by atoms with van der Waals surface area (Å²) < 4.78 is 2.65. The molecule has 0 spiro atoms. The van der Waals surface area contributed by atoms with Gasteiger partial charge in [0.1, 0.15) is 0 Å². The first-order chi connectivity index (χ1) is 24.8. The zero-order chi connectivity index (χ0) is 33.0. The van der Waals surface area contributed by atoms with Gasteiger partial charge >= 0.3 is 0 Å². The van der Waals surface area contributed by atoms with Gasteiger partial charge in [-0.2, -0.15) is 0 Å². The molecule has 0 N–H and O–H groups in total. The van der Waals surface area contributed by atoms with Crippen LogP contribution in [0.3, 0.4) is 0 Å². The summed E-state index contributed by atoms with van der Waals surface area (Å²) in [5.74, 6) is 0. The van der Waals surface area contributed by atoms with E-state index in [1.807, 2.05) is 11.3 Å². The predicted octanol–water partition coefficient (Wildman–Crippen LogP) is 14.3. The first-order valence-corrected chi connectivity index (χ1v) is 17.9. The molecule has 2 heteroatoms. The van der Waals surface area contributed by atoms with Crippen LogP contribution in [0.4, 0.5) is 17.1 Å². The largest absolute Gasteiger partial charge is 0.310 e. The number of anilines is 3. The molecule has 9 aromatic carbocycles. The first kappa shape index (κ1) is 28.8. The molecule has 50 heavy (non-hydrogen) atoms. The minimum Gasteiger partial charge on any atom is -0.310 e. The molecular weight excluding hydrogens is 623 g/mol. The highest BCUT2D eigenvalue weighted by Crippen LogP contribution is 2.42. The van der Waals surface area contributed by atoms with E-state index < -0.39 is 0 Å². The zero-order valence-electron chi connectivity index (χ0n) is 27.3. The zero-order valence-corrected chi connectivity index (χ0v) is 28.1. The maximum absolute atomic E-state index is 2.38. The quantitative estimate of drug-likeness (QED) is 0.167. The van der Waals surface area contributed by atoms with E-state index in [0.29, 0.717) is 0 Å². The van der Waals surface area contributed by atoms with Gasteiger partial charge in [-0.25, -0.2) is 0 Å². The van der Waals surface area contributed by atoms with Gasteiger partial charge < -0.3 is 4.90 Å². The van der Waals surface area contributed by atoms with Crippen molar-refractivity contribution in [3.63, 3.8) is 0 Å². The number of fused-ring (bicyclic) bond motifs is 7. The Labute approximate surface area is 294 Å². The summed E-state index contributed by atoms with van der Waals surface area (Å²) in [5.41, 5.74) is 8.29. The molecular formula is C48H31NS. The topological polar surface area (TPSA) is 3.24 Å². The molecule has 0 saturated heterocycles. The highest BCUT2D eigenvalue weighted by Gasteiger charge is 2.16. The van der Waals surface area contributed by atoms with Crippen LogP contribution in [0.15, 0.2) is 188 Å². The Morgan fingerprint density at radius 1 is 0.320 bits per heavy atom. The van der Waals surface area contributed by atoms with Gasteiger partial charge in [0.25, 0.3) is 0 Å². The molecule has 0 radical (unpaired) electrons. The van der Waals surface area contributed by atoms with Crippen LogP contribution in [0.5, 0.6) is 0 Å². The van der Waals surface area contributed by atoms with E-state index in [2.05, 4.69) is 193 Å². The second kappa shape index (κ2) is 11.7. The number of nitrogens with zero attached hydrogens (tertiary/aromatic N) is 1. The van der Waals surface area contributed by atoms with Crippen molar-refractivity contribution in [2.75, 3.05) is 4.90 Å². The van der Waals surface area contributed by atoms with Crippen molar-refractivity contribution in [1.82, 2.24) is 0 Å². The van der Waals surface area contributed by atoms with Crippen molar-refractivity contribution in [1.29, 1.82) is 0 Å². The maximum atomic E-state index is 2.38. The predicted molar refractivity (Wildman–Crippen MR) is 217 cm³/mol. The molecule has 10 aromatic rings. The fourth-order valence-electron chi connectivity index (χ4n) is 7.55. The average Bonchev–Trinajstić information content (AvgIpc) is 3.57. The summed E-state index contributed by atoms with van der Waals surface area (Å²) in [6.07, 6.45) is 0. The molecule has 0 aliphatic heterocycles. The Balaban J connectivity index is 1.10. The molecule has 1 nitrogen and oxygen atoms in total. The standard InChI is InChI=1S/C48H31NS/c1-2-10-37-30-38(19-16-32(37)8-1)33-20-25-39(26-21-33)49(41-29-24-36-18-17-34-9-3-4-11-42(34)45(36)31-41)40-27-22-35(23-28-40)43-13-7-15-47-48(43)44-12-5-6-14-46(44)50-47/h1-31H. The molecule has 234 valence electrons. The SMILES string of the molecule is c1ccc2cc(-c3ccc(N(c4ccc(-c5cccc6sc7ccccc7c56)cc4)c4ccc5ccc6ccccc6c5c4)cc3)ccc2c1. The van der Waals surface area contributed by atoms with Crippen molar-refractivity contribution in [2.45, 2.75) is 0 Å². The van der Waals surface area contributed by atoms with Crippen LogP contribution >= 0.6 is 11.3 Å². The van der Waals surface area contributed by atoms with Crippen LogP contribution in [0.2, 0.25) is 0 Å². The highest BCUT2D eigenvalue weighted by molar-refractivity contribution is 7.25. The van der Waals surface area contributed by atoms with Crippen molar-refractivity contribution in [3.05, 3.63) is 188 Å². The average molecular weight is 654 g/mol. The Kier molecular flexibility index (Phi) is 6.75. The van der Waals surface area contributed by atoms with Gasteiger partial charge in [0.2, 0.25) is 0 Å². The van der Waals surface area contributed by atoms with E-state index in [0.717, 1.165) is 17.1 Å².